The fraction of sp³-hybridized carbons (Fsp3) is 0.636. The van der Waals surface area contributed by atoms with Gasteiger partial charge in [-0.1, -0.05) is 25.0 Å². The zero-order chi connectivity index (χ0) is 18.6. The van der Waals surface area contributed by atoms with Gasteiger partial charge in [0, 0.05) is 12.5 Å². The Kier molecular flexibility index (Phi) is 5.77. The minimum Gasteiger partial charge on any atom is -0.354 e. The molecule has 4 rings (SSSR count). The minimum atomic E-state index is 0.0689. The number of aromatic amines is 1. The summed E-state index contributed by atoms with van der Waals surface area (Å²) < 4.78 is 0. The zero-order valence-corrected chi connectivity index (χ0v) is 16.4. The number of hydrogen-bond acceptors (Lipinski definition) is 3. The molecule has 2 aromatic rings. The Hall–Kier alpha value is -1.88. The normalized spacial score (nSPS) is 27.4. The number of likely N-dealkylation sites (N-methyl/N-ethyl adjacent to an activating group) is 1. The number of aromatic nitrogens is 2. The van der Waals surface area contributed by atoms with Crippen LogP contribution in [0.1, 0.15) is 63.1 Å². The summed E-state index contributed by atoms with van der Waals surface area (Å²) in [5.41, 5.74) is 2.20. The number of carbonyl (C=O) groups excluding carboxylic acids is 1. The van der Waals surface area contributed by atoms with Crippen LogP contribution in [0.5, 0.6) is 0 Å². The number of fused-ring (bicyclic) bond motifs is 1. The van der Waals surface area contributed by atoms with Crippen molar-refractivity contribution in [3.05, 3.63) is 30.1 Å². The number of para-hydroxylation sites is 2. The largest absolute Gasteiger partial charge is 0.354 e. The molecule has 2 aliphatic rings. The quantitative estimate of drug-likeness (QED) is 0.862. The van der Waals surface area contributed by atoms with Crippen LogP contribution < -0.4 is 5.32 Å². The van der Waals surface area contributed by atoms with Gasteiger partial charge in [0.1, 0.15) is 5.82 Å². The Morgan fingerprint density at radius 2 is 1.96 bits per heavy atom. The Bertz CT molecular complexity index is 730. The summed E-state index contributed by atoms with van der Waals surface area (Å²) in [6.07, 6.45) is 9.29. The van der Waals surface area contributed by atoms with Gasteiger partial charge in [-0.2, -0.15) is 0 Å². The lowest BCUT2D eigenvalue weighted by molar-refractivity contribution is -0.126. The first kappa shape index (κ1) is 18.5. The number of nitrogens with one attached hydrogen (secondary N) is 2. The summed E-state index contributed by atoms with van der Waals surface area (Å²) in [5, 5.41) is 3.25. The highest BCUT2D eigenvalue weighted by Gasteiger charge is 2.27. The molecule has 0 unspecified atom stereocenters. The third-order valence-electron chi connectivity index (χ3n) is 6.53. The molecule has 1 aliphatic carbocycles. The van der Waals surface area contributed by atoms with Gasteiger partial charge in [-0.25, -0.2) is 4.98 Å². The molecule has 27 heavy (non-hydrogen) atoms. The standard InChI is InChI=1S/C22H32N4O/c1-26-14-6-2-3-9-20(26)22(27)23-15-16-10-12-17(13-11-16)21-24-18-7-4-5-8-19(18)25-21/h4-5,7-8,16-17,20H,2-3,6,9-15H2,1H3,(H,23,27)(H,24,25)/t16?,17?,20-/m0/s1. The van der Waals surface area contributed by atoms with Crippen LogP contribution >= 0.6 is 0 Å². The van der Waals surface area contributed by atoms with E-state index in [0.29, 0.717) is 11.8 Å². The summed E-state index contributed by atoms with van der Waals surface area (Å²) in [5.74, 6) is 2.50. The molecule has 0 spiro atoms. The summed E-state index contributed by atoms with van der Waals surface area (Å²) >= 11 is 0. The predicted octanol–water partition coefficient (Wildman–Crippen LogP) is 3.83. The summed E-state index contributed by atoms with van der Waals surface area (Å²) in [4.78, 5) is 23.1. The highest BCUT2D eigenvalue weighted by Crippen LogP contribution is 2.35. The lowest BCUT2D eigenvalue weighted by Gasteiger charge is -2.29. The Morgan fingerprint density at radius 1 is 1.15 bits per heavy atom. The van der Waals surface area contributed by atoms with Crippen LogP contribution in [0.3, 0.4) is 0 Å². The number of nitrogens with zero attached hydrogens (tertiary/aromatic N) is 2. The molecule has 1 aliphatic heterocycles. The number of imidazole rings is 1. The van der Waals surface area contributed by atoms with E-state index >= 15 is 0 Å². The van der Waals surface area contributed by atoms with Gasteiger partial charge in [0.05, 0.1) is 17.1 Å². The van der Waals surface area contributed by atoms with Crippen LogP contribution in [-0.2, 0) is 4.79 Å². The van der Waals surface area contributed by atoms with Crippen LogP contribution in [0.25, 0.3) is 11.0 Å². The maximum atomic E-state index is 12.6. The van der Waals surface area contributed by atoms with E-state index in [1.165, 1.54) is 32.1 Å². The second-order valence-electron chi connectivity index (χ2n) is 8.45. The number of hydrogen-bond donors (Lipinski definition) is 2. The van der Waals surface area contributed by atoms with Crippen molar-refractivity contribution in [2.24, 2.45) is 5.92 Å². The predicted molar refractivity (Wildman–Crippen MR) is 109 cm³/mol. The second kappa shape index (κ2) is 8.42. The van der Waals surface area contributed by atoms with Crippen molar-refractivity contribution >= 4 is 16.9 Å². The van der Waals surface area contributed by atoms with E-state index in [-0.39, 0.29) is 11.9 Å². The van der Waals surface area contributed by atoms with Crippen LogP contribution in [0.2, 0.25) is 0 Å². The minimum absolute atomic E-state index is 0.0689. The van der Waals surface area contributed by atoms with E-state index in [4.69, 9.17) is 4.98 Å². The maximum absolute atomic E-state index is 12.6. The number of rotatable bonds is 4. The highest BCUT2D eigenvalue weighted by molar-refractivity contribution is 5.81. The molecule has 1 aromatic carbocycles. The van der Waals surface area contributed by atoms with Crippen molar-refractivity contribution in [1.82, 2.24) is 20.2 Å². The molecule has 1 saturated heterocycles. The van der Waals surface area contributed by atoms with E-state index in [2.05, 4.69) is 40.4 Å². The summed E-state index contributed by atoms with van der Waals surface area (Å²) in [6.45, 7) is 1.87. The monoisotopic (exact) mass is 368 g/mol. The first-order valence-electron chi connectivity index (χ1n) is 10.6. The van der Waals surface area contributed by atoms with Gasteiger partial charge in [0.2, 0.25) is 5.91 Å². The number of carbonyl (C=O) groups is 1. The lowest BCUT2D eigenvalue weighted by atomic mass is 9.81. The molecule has 5 nitrogen and oxygen atoms in total. The topological polar surface area (TPSA) is 61.0 Å². The Labute approximate surface area is 161 Å². The SMILES string of the molecule is CN1CCCCC[C@H]1C(=O)NCC1CCC(c2nc3ccccc3[nH]2)CC1. The Balaban J connectivity index is 1.26. The van der Waals surface area contributed by atoms with E-state index in [0.717, 1.165) is 49.2 Å². The van der Waals surface area contributed by atoms with Gasteiger partial charge in [-0.3, -0.25) is 9.69 Å². The van der Waals surface area contributed by atoms with Gasteiger partial charge in [0.15, 0.2) is 0 Å². The molecule has 0 bridgehead atoms. The van der Waals surface area contributed by atoms with Crippen LogP contribution in [0.15, 0.2) is 24.3 Å². The number of benzene rings is 1. The number of amides is 1. The summed E-state index contributed by atoms with van der Waals surface area (Å²) in [6, 6.07) is 8.33. The maximum Gasteiger partial charge on any atom is 0.237 e. The average molecular weight is 369 g/mol. The summed E-state index contributed by atoms with van der Waals surface area (Å²) in [7, 11) is 2.09. The van der Waals surface area contributed by atoms with E-state index in [1.807, 2.05) is 6.07 Å². The second-order valence-corrected chi connectivity index (χ2v) is 8.45. The third-order valence-corrected chi connectivity index (χ3v) is 6.53. The van der Waals surface area contributed by atoms with Crippen LogP contribution in [0.4, 0.5) is 0 Å². The van der Waals surface area contributed by atoms with Crippen molar-refractivity contribution in [1.29, 1.82) is 0 Å². The molecule has 1 amide bonds. The molecule has 2 heterocycles. The Morgan fingerprint density at radius 3 is 2.78 bits per heavy atom. The van der Waals surface area contributed by atoms with Gasteiger partial charge in [-0.05, 0) is 70.2 Å². The fourth-order valence-corrected chi connectivity index (χ4v) is 4.75. The van der Waals surface area contributed by atoms with Crippen LogP contribution in [0, 0.1) is 5.92 Å². The molecule has 1 aromatic heterocycles. The fourth-order valence-electron chi connectivity index (χ4n) is 4.75. The number of likely N-dealkylation sites (tertiary alicyclic amines) is 1. The first-order valence-corrected chi connectivity index (χ1v) is 10.6. The molecular formula is C22H32N4O. The van der Waals surface area contributed by atoms with Gasteiger partial charge in [-0.15, -0.1) is 0 Å². The number of H-pyrrole nitrogens is 1. The molecule has 2 fully saturated rings. The van der Waals surface area contributed by atoms with E-state index < -0.39 is 0 Å². The smallest absolute Gasteiger partial charge is 0.237 e. The van der Waals surface area contributed by atoms with Gasteiger partial charge in [0.25, 0.3) is 0 Å². The van der Waals surface area contributed by atoms with Crippen molar-refractivity contribution < 1.29 is 4.79 Å². The van der Waals surface area contributed by atoms with Crippen molar-refractivity contribution in [2.45, 2.75) is 63.3 Å². The zero-order valence-electron chi connectivity index (χ0n) is 16.4. The molecule has 5 heteroatoms. The average Bonchev–Trinajstić information content (AvgIpc) is 3.01. The van der Waals surface area contributed by atoms with E-state index in [9.17, 15) is 4.79 Å². The molecule has 1 atom stereocenters. The van der Waals surface area contributed by atoms with Crippen molar-refractivity contribution in [3.8, 4) is 0 Å². The molecule has 1 saturated carbocycles. The van der Waals surface area contributed by atoms with Crippen molar-refractivity contribution in [2.75, 3.05) is 20.1 Å². The van der Waals surface area contributed by atoms with Gasteiger partial charge >= 0.3 is 0 Å². The lowest BCUT2D eigenvalue weighted by Crippen LogP contribution is -2.46. The molecule has 0 radical (unpaired) electrons. The van der Waals surface area contributed by atoms with Crippen molar-refractivity contribution in [3.63, 3.8) is 0 Å². The molecule has 146 valence electrons. The van der Waals surface area contributed by atoms with Gasteiger partial charge < -0.3 is 10.3 Å². The molecular weight excluding hydrogens is 336 g/mol. The van der Waals surface area contributed by atoms with Crippen LogP contribution in [-0.4, -0.2) is 47.0 Å². The third kappa shape index (κ3) is 4.34. The molecule has 2 N–H and O–H groups in total. The highest BCUT2D eigenvalue weighted by atomic mass is 16.2. The first-order chi connectivity index (χ1) is 13.2. The van der Waals surface area contributed by atoms with E-state index in [1.54, 1.807) is 0 Å².